The van der Waals surface area contributed by atoms with Crippen LogP contribution in [0.15, 0.2) is 0 Å². The van der Waals surface area contributed by atoms with Gasteiger partial charge in [-0.25, -0.2) is 0 Å². The zero-order chi connectivity index (χ0) is 14.1. The predicted molar refractivity (Wildman–Crippen MR) is 75.8 cm³/mol. The Morgan fingerprint density at radius 1 is 1.10 bits per heavy atom. The number of carbonyl (C=O) groups excluding carboxylic acids is 2. The third-order valence-corrected chi connectivity index (χ3v) is 5.19. The summed E-state index contributed by atoms with van der Waals surface area (Å²) >= 11 is 0. The van der Waals surface area contributed by atoms with E-state index in [0.717, 1.165) is 32.1 Å². The number of fused-ring (bicyclic) bond motifs is 2. The summed E-state index contributed by atoms with van der Waals surface area (Å²) in [6.07, 6.45) is 8.04. The van der Waals surface area contributed by atoms with Gasteiger partial charge in [-0.15, -0.1) is 0 Å². The summed E-state index contributed by atoms with van der Waals surface area (Å²) in [5, 5.41) is 3.60. The molecule has 3 atom stereocenters. The first-order chi connectivity index (χ1) is 9.63. The number of piperidine rings is 2. The first-order valence-corrected chi connectivity index (χ1v) is 7.98. The second-order valence-corrected chi connectivity index (χ2v) is 6.68. The first kappa shape index (κ1) is 13.9. The van der Waals surface area contributed by atoms with Crippen molar-refractivity contribution in [3.05, 3.63) is 0 Å². The van der Waals surface area contributed by atoms with Gasteiger partial charge in [-0.05, 0) is 50.9 Å². The third-order valence-electron chi connectivity index (χ3n) is 5.19. The molecule has 3 N–H and O–H groups in total. The Kier molecular flexibility index (Phi) is 3.96. The zero-order valence-corrected chi connectivity index (χ0v) is 12.0. The Morgan fingerprint density at radius 3 is 2.45 bits per heavy atom. The van der Waals surface area contributed by atoms with Crippen molar-refractivity contribution in [1.82, 2.24) is 10.2 Å². The zero-order valence-electron chi connectivity index (χ0n) is 12.0. The molecule has 3 unspecified atom stereocenters. The summed E-state index contributed by atoms with van der Waals surface area (Å²) in [4.78, 5) is 25.8. The SMILES string of the molecule is NC(=O)C1CCCCN1C(=O)CC1CC2CCC(C1)N2. The summed E-state index contributed by atoms with van der Waals surface area (Å²) < 4.78 is 0. The Labute approximate surface area is 120 Å². The van der Waals surface area contributed by atoms with Crippen LogP contribution in [0.1, 0.15) is 51.4 Å². The van der Waals surface area contributed by atoms with Crippen molar-refractivity contribution in [1.29, 1.82) is 0 Å². The van der Waals surface area contributed by atoms with Gasteiger partial charge in [-0.1, -0.05) is 0 Å². The Balaban J connectivity index is 1.59. The van der Waals surface area contributed by atoms with Crippen LogP contribution in [0.4, 0.5) is 0 Å². The lowest BCUT2D eigenvalue weighted by atomic mass is 9.88. The predicted octanol–water partition coefficient (Wildman–Crippen LogP) is 0.773. The molecule has 0 aromatic rings. The van der Waals surface area contributed by atoms with E-state index in [2.05, 4.69) is 5.32 Å². The minimum Gasteiger partial charge on any atom is -0.368 e. The molecular weight excluding hydrogens is 254 g/mol. The second-order valence-electron chi connectivity index (χ2n) is 6.68. The third kappa shape index (κ3) is 2.82. The van der Waals surface area contributed by atoms with Crippen LogP contribution in [0, 0.1) is 5.92 Å². The van der Waals surface area contributed by atoms with Gasteiger partial charge in [0.1, 0.15) is 6.04 Å². The van der Waals surface area contributed by atoms with Crippen molar-refractivity contribution < 1.29 is 9.59 Å². The fourth-order valence-corrected chi connectivity index (χ4v) is 4.23. The quantitative estimate of drug-likeness (QED) is 0.801. The number of nitrogens with two attached hydrogens (primary N) is 1. The maximum Gasteiger partial charge on any atom is 0.240 e. The molecule has 0 radical (unpaired) electrons. The van der Waals surface area contributed by atoms with Gasteiger partial charge in [-0.3, -0.25) is 9.59 Å². The van der Waals surface area contributed by atoms with Crippen LogP contribution in [0.3, 0.4) is 0 Å². The molecule has 0 spiro atoms. The van der Waals surface area contributed by atoms with Crippen LogP contribution in [-0.4, -0.2) is 41.4 Å². The molecule has 2 amide bonds. The minimum atomic E-state index is -0.366. The number of hydrogen-bond donors (Lipinski definition) is 2. The molecule has 0 aromatic heterocycles. The lowest BCUT2D eigenvalue weighted by molar-refractivity contribution is -0.142. The lowest BCUT2D eigenvalue weighted by Crippen LogP contribution is -2.51. The maximum absolute atomic E-state index is 12.5. The molecule has 0 aliphatic carbocycles. The molecular formula is C15H25N3O2. The molecule has 3 fully saturated rings. The molecule has 3 aliphatic heterocycles. The van der Waals surface area contributed by atoms with Crippen molar-refractivity contribution in [2.75, 3.05) is 6.54 Å². The monoisotopic (exact) mass is 279 g/mol. The molecule has 3 aliphatic rings. The number of amides is 2. The minimum absolute atomic E-state index is 0.139. The molecule has 3 saturated heterocycles. The van der Waals surface area contributed by atoms with Crippen molar-refractivity contribution in [3.63, 3.8) is 0 Å². The molecule has 5 heteroatoms. The molecule has 20 heavy (non-hydrogen) atoms. The topological polar surface area (TPSA) is 75.4 Å². The fraction of sp³-hybridized carbons (Fsp3) is 0.867. The standard InChI is InChI=1S/C15H25N3O2/c16-15(20)13-3-1-2-6-18(13)14(19)9-10-7-11-4-5-12(8-10)17-11/h10-13,17H,1-9H2,(H2,16,20). The summed E-state index contributed by atoms with van der Waals surface area (Å²) in [5.41, 5.74) is 5.44. The number of nitrogens with one attached hydrogen (secondary N) is 1. The van der Waals surface area contributed by atoms with Gasteiger partial charge >= 0.3 is 0 Å². The Morgan fingerprint density at radius 2 is 1.80 bits per heavy atom. The van der Waals surface area contributed by atoms with E-state index in [1.54, 1.807) is 4.90 Å². The van der Waals surface area contributed by atoms with E-state index in [1.807, 2.05) is 0 Å². The van der Waals surface area contributed by atoms with E-state index >= 15 is 0 Å². The van der Waals surface area contributed by atoms with E-state index in [4.69, 9.17) is 5.73 Å². The highest BCUT2D eigenvalue weighted by Gasteiger charge is 2.36. The van der Waals surface area contributed by atoms with Crippen LogP contribution >= 0.6 is 0 Å². The van der Waals surface area contributed by atoms with Gasteiger partial charge < -0.3 is 16.0 Å². The smallest absolute Gasteiger partial charge is 0.240 e. The average Bonchev–Trinajstić information content (AvgIpc) is 2.78. The second kappa shape index (κ2) is 5.72. The maximum atomic E-state index is 12.5. The molecule has 0 saturated carbocycles. The number of primary amides is 1. The van der Waals surface area contributed by atoms with Crippen LogP contribution < -0.4 is 11.1 Å². The van der Waals surface area contributed by atoms with E-state index < -0.39 is 0 Å². The van der Waals surface area contributed by atoms with Gasteiger partial charge in [0.2, 0.25) is 11.8 Å². The van der Waals surface area contributed by atoms with Crippen molar-refractivity contribution in [2.45, 2.75) is 69.5 Å². The number of carbonyl (C=O) groups is 2. The highest BCUT2D eigenvalue weighted by molar-refractivity contribution is 5.86. The van der Waals surface area contributed by atoms with Crippen LogP contribution in [0.2, 0.25) is 0 Å². The lowest BCUT2D eigenvalue weighted by Gasteiger charge is -2.36. The molecule has 3 heterocycles. The van der Waals surface area contributed by atoms with Crippen LogP contribution in [-0.2, 0) is 9.59 Å². The van der Waals surface area contributed by atoms with E-state index in [9.17, 15) is 9.59 Å². The van der Waals surface area contributed by atoms with Gasteiger partial charge in [0.05, 0.1) is 0 Å². The Bertz CT molecular complexity index is 387. The molecule has 0 aromatic carbocycles. The van der Waals surface area contributed by atoms with Crippen molar-refractivity contribution >= 4 is 11.8 Å². The fourth-order valence-electron chi connectivity index (χ4n) is 4.23. The van der Waals surface area contributed by atoms with Crippen molar-refractivity contribution in [3.8, 4) is 0 Å². The highest BCUT2D eigenvalue weighted by Crippen LogP contribution is 2.33. The largest absolute Gasteiger partial charge is 0.368 e. The van der Waals surface area contributed by atoms with E-state index in [0.29, 0.717) is 31.0 Å². The summed E-state index contributed by atoms with van der Waals surface area (Å²) in [6.45, 7) is 0.699. The number of likely N-dealkylation sites (tertiary alicyclic amines) is 1. The molecule has 5 nitrogen and oxygen atoms in total. The van der Waals surface area contributed by atoms with Gasteiger partial charge in [-0.2, -0.15) is 0 Å². The van der Waals surface area contributed by atoms with Crippen LogP contribution in [0.5, 0.6) is 0 Å². The molecule has 112 valence electrons. The molecule has 2 bridgehead atoms. The number of hydrogen-bond acceptors (Lipinski definition) is 3. The normalized spacial score (nSPS) is 36.9. The van der Waals surface area contributed by atoms with Crippen molar-refractivity contribution in [2.24, 2.45) is 11.7 Å². The van der Waals surface area contributed by atoms with Gasteiger partial charge in [0, 0.05) is 25.0 Å². The first-order valence-electron chi connectivity index (χ1n) is 7.98. The number of nitrogens with zero attached hydrogens (tertiary/aromatic N) is 1. The van der Waals surface area contributed by atoms with Gasteiger partial charge in [0.15, 0.2) is 0 Å². The summed E-state index contributed by atoms with van der Waals surface area (Å²) in [5.74, 6) is 0.278. The molecule has 3 rings (SSSR count). The van der Waals surface area contributed by atoms with E-state index in [-0.39, 0.29) is 17.9 Å². The Hall–Kier alpha value is -1.10. The average molecular weight is 279 g/mol. The highest BCUT2D eigenvalue weighted by atomic mass is 16.2. The van der Waals surface area contributed by atoms with Gasteiger partial charge in [0.25, 0.3) is 0 Å². The number of rotatable bonds is 3. The van der Waals surface area contributed by atoms with Crippen LogP contribution in [0.25, 0.3) is 0 Å². The summed E-state index contributed by atoms with van der Waals surface area (Å²) in [7, 11) is 0. The summed E-state index contributed by atoms with van der Waals surface area (Å²) in [6, 6.07) is 0.856. The van der Waals surface area contributed by atoms with E-state index in [1.165, 1.54) is 12.8 Å².